The smallest absolute Gasteiger partial charge is 0.387 e. The SMILES string of the molecule is C[C@@H]1CC(=O)c2c(OCC(=O)NCc3ccc(OC(F)F)cc3)ccc(F)c21. The number of hydrogen-bond acceptors (Lipinski definition) is 4. The summed E-state index contributed by atoms with van der Waals surface area (Å²) in [5.74, 6) is -1.11. The van der Waals surface area contributed by atoms with Crippen LogP contribution in [0.15, 0.2) is 36.4 Å². The molecule has 1 aliphatic carbocycles. The van der Waals surface area contributed by atoms with E-state index in [-0.39, 0.29) is 48.3 Å². The number of rotatable bonds is 7. The molecule has 1 N–H and O–H groups in total. The fourth-order valence-corrected chi connectivity index (χ4v) is 3.13. The zero-order valence-electron chi connectivity index (χ0n) is 15.0. The van der Waals surface area contributed by atoms with Gasteiger partial charge in [0, 0.05) is 18.5 Å². The van der Waals surface area contributed by atoms with Gasteiger partial charge < -0.3 is 14.8 Å². The molecule has 2 aromatic rings. The summed E-state index contributed by atoms with van der Waals surface area (Å²) in [5, 5.41) is 2.62. The number of nitrogens with one attached hydrogen (secondary N) is 1. The summed E-state index contributed by atoms with van der Waals surface area (Å²) in [6.45, 7) is -1.31. The number of hydrogen-bond donors (Lipinski definition) is 1. The van der Waals surface area contributed by atoms with Gasteiger partial charge in [0.15, 0.2) is 12.4 Å². The Morgan fingerprint density at radius 1 is 1.21 bits per heavy atom. The van der Waals surface area contributed by atoms with Crippen LogP contribution in [-0.4, -0.2) is 24.9 Å². The highest BCUT2D eigenvalue weighted by molar-refractivity contribution is 6.03. The molecular formula is C20H18F3NO4. The molecule has 0 aromatic heterocycles. The van der Waals surface area contributed by atoms with Gasteiger partial charge in [0.25, 0.3) is 5.91 Å². The standard InChI is InChI=1S/C20H18F3NO4/c1-11-8-15(25)19-16(7-6-14(21)18(11)19)27-10-17(26)24-9-12-2-4-13(5-3-12)28-20(22)23/h2-7,11,20H,8-10H2,1H3,(H,24,26)/t11-/m1/s1. The first-order valence-corrected chi connectivity index (χ1v) is 8.64. The van der Waals surface area contributed by atoms with Gasteiger partial charge in [-0.25, -0.2) is 4.39 Å². The highest BCUT2D eigenvalue weighted by atomic mass is 19.3. The van der Waals surface area contributed by atoms with Crippen molar-refractivity contribution >= 4 is 11.7 Å². The number of amides is 1. The van der Waals surface area contributed by atoms with Crippen molar-refractivity contribution in [1.82, 2.24) is 5.32 Å². The fourth-order valence-electron chi connectivity index (χ4n) is 3.13. The van der Waals surface area contributed by atoms with Crippen molar-refractivity contribution in [3.63, 3.8) is 0 Å². The summed E-state index contributed by atoms with van der Waals surface area (Å²) >= 11 is 0. The van der Waals surface area contributed by atoms with Crippen LogP contribution in [0.1, 0.15) is 40.7 Å². The van der Waals surface area contributed by atoms with Crippen LogP contribution in [0.4, 0.5) is 13.2 Å². The van der Waals surface area contributed by atoms with Gasteiger partial charge in [0.05, 0.1) is 5.56 Å². The van der Waals surface area contributed by atoms with Crippen LogP contribution in [-0.2, 0) is 11.3 Å². The van der Waals surface area contributed by atoms with E-state index in [1.807, 2.05) is 0 Å². The Kier molecular flexibility index (Phi) is 5.87. The molecule has 0 heterocycles. The van der Waals surface area contributed by atoms with E-state index in [1.54, 1.807) is 19.1 Å². The maximum absolute atomic E-state index is 14.0. The van der Waals surface area contributed by atoms with Crippen LogP contribution >= 0.6 is 0 Å². The summed E-state index contributed by atoms with van der Waals surface area (Å²) < 4.78 is 47.9. The number of carbonyl (C=O) groups is 2. The maximum atomic E-state index is 14.0. The third kappa shape index (κ3) is 4.44. The molecule has 0 saturated carbocycles. The first-order valence-electron chi connectivity index (χ1n) is 8.64. The number of ketones is 1. The highest BCUT2D eigenvalue weighted by Crippen LogP contribution is 2.39. The number of benzene rings is 2. The van der Waals surface area contributed by atoms with Gasteiger partial charge in [-0.05, 0) is 35.7 Å². The number of fused-ring (bicyclic) bond motifs is 1. The van der Waals surface area contributed by atoms with E-state index >= 15 is 0 Å². The summed E-state index contributed by atoms with van der Waals surface area (Å²) in [7, 11) is 0. The Morgan fingerprint density at radius 2 is 1.93 bits per heavy atom. The summed E-state index contributed by atoms with van der Waals surface area (Å²) in [6, 6.07) is 8.42. The van der Waals surface area contributed by atoms with Gasteiger partial charge in [-0.2, -0.15) is 8.78 Å². The lowest BCUT2D eigenvalue weighted by Crippen LogP contribution is -2.28. The lowest BCUT2D eigenvalue weighted by atomic mass is 10.0. The predicted octanol–water partition coefficient (Wildman–Crippen LogP) is 3.81. The topological polar surface area (TPSA) is 64.6 Å². The zero-order chi connectivity index (χ0) is 20.3. The lowest BCUT2D eigenvalue weighted by Gasteiger charge is -2.12. The molecule has 3 rings (SSSR count). The molecule has 148 valence electrons. The number of halogens is 3. The minimum absolute atomic E-state index is 0.0254. The molecule has 0 radical (unpaired) electrons. The van der Waals surface area contributed by atoms with Crippen molar-refractivity contribution < 1.29 is 32.2 Å². The molecule has 1 amide bonds. The molecule has 1 aliphatic rings. The molecule has 0 unspecified atom stereocenters. The first-order chi connectivity index (χ1) is 13.3. The van der Waals surface area contributed by atoms with E-state index in [4.69, 9.17) is 4.74 Å². The Labute approximate surface area is 159 Å². The van der Waals surface area contributed by atoms with Gasteiger partial charge in [-0.1, -0.05) is 19.1 Å². The van der Waals surface area contributed by atoms with E-state index in [0.29, 0.717) is 11.1 Å². The third-order valence-electron chi connectivity index (χ3n) is 4.41. The Hall–Kier alpha value is -3.03. The van der Waals surface area contributed by atoms with Crippen LogP contribution in [0.5, 0.6) is 11.5 Å². The van der Waals surface area contributed by atoms with Crippen molar-refractivity contribution in [1.29, 1.82) is 0 Å². The molecule has 0 fully saturated rings. The quantitative estimate of drug-likeness (QED) is 0.777. The molecule has 1 atom stereocenters. The zero-order valence-corrected chi connectivity index (χ0v) is 15.0. The molecule has 0 saturated heterocycles. The molecule has 0 aliphatic heterocycles. The highest BCUT2D eigenvalue weighted by Gasteiger charge is 2.32. The van der Waals surface area contributed by atoms with Gasteiger partial charge in [0.1, 0.15) is 17.3 Å². The molecule has 0 spiro atoms. The third-order valence-corrected chi connectivity index (χ3v) is 4.41. The van der Waals surface area contributed by atoms with Crippen LogP contribution in [0.2, 0.25) is 0 Å². The predicted molar refractivity (Wildman–Crippen MR) is 94.2 cm³/mol. The van der Waals surface area contributed by atoms with Crippen molar-refractivity contribution in [2.75, 3.05) is 6.61 Å². The summed E-state index contributed by atoms with van der Waals surface area (Å²) in [5.41, 5.74) is 1.21. The van der Waals surface area contributed by atoms with E-state index < -0.39 is 18.3 Å². The fraction of sp³-hybridized carbons (Fsp3) is 0.300. The second kappa shape index (κ2) is 8.33. The van der Waals surface area contributed by atoms with E-state index in [1.165, 1.54) is 24.3 Å². The van der Waals surface area contributed by atoms with Crippen LogP contribution in [0.25, 0.3) is 0 Å². The number of carbonyl (C=O) groups excluding carboxylic acids is 2. The Morgan fingerprint density at radius 3 is 2.61 bits per heavy atom. The van der Waals surface area contributed by atoms with Gasteiger partial charge in [0.2, 0.25) is 0 Å². The van der Waals surface area contributed by atoms with E-state index in [0.717, 1.165) is 0 Å². The van der Waals surface area contributed by atoms with Crippen molar-refractivity contribution in [3.05, 3.63) is 58.9 Å². The van der Waals surface area contributed by atoms with Crippen LogP contribution in [0, 0.1) is 5.82 Å². The van der Waals surface area contributed by atoms with Crippen LogP contribution < -0.4 is 14.8 Å². The summed E-state index contributed by atoms with van der Waals surface area (Å²) in [4.78, 5) is 24.1. The van der Waals surface area contributed by atoms with Crippen LogP contribution in [0.3, 0.4) is 0 Å². The normalized spacial score (nSPS) is 15.5. The maximum Gasteiger partial charge on any atom is 0.387 e. The second-order valence-corrected chi connectivity index (χ2v) is 6.45. The molecule has 28 heavy (non-hydrogen) atoms. The molecule has 0 bridgehead atoms. The number of ether oxygens (including phenoxy) is 2. The molecular weight excluding hydrogens is 375 g/mol. The number of alkyl halides is 2. The van der Waals surface area contributed by atoms with Gasteiger partial charge in [-0.15, -0.1) is 0 Å². The monoisotopic (exact) mass is 393 g/mol. The first kappa shape index (κ1) is 19.7. The summed E-state index contributed by atoms with van der Waals surface area (Å²) in [6.07, 6.45) is 0.212. The average molecular weight is 393 g/mol. The minimum atomic E-state index is -2.90. The lowest BCUT2D eigenvalue weighted by molar-refractivity contribution is -0.123. The second-order valence-electron chi connectivity index (χ2n) is 6.45. The Balaban J connectivity index is 1.55. The largest absolute Gasteiger partial charge is 0.483 e. The van der Waals surface area contributed by atoms with Gasteiger partial charge >= 0.3 is 6.61 Å². The Bertz CT molecular complexity index is 884. The minimum Gasteiger partial charge on any atom is -0.483 e. The molecule has 5 nitrogen and oxygen atoms in total. The van der Waals surface area contributed by atoms with E-state index in [2.05, 4.69) is 10.1 Å². The number of Topliss-reactive ketones (excluding diaryl/α,β-unsaturated/α-hetero) is 1. The molecule has 8 heteroatoms. The van der Waals surface area contributed by atoms with Crippen molar-refractivity contribution in [3.8, 4) is 11.5 Å². The van der Waals surface area contributed by atoms with Gasteiger partial charge in [-0.3, -0.25) is 9.59 Å². The van der Waals surface area contributed by atoms with Crippen molar-refractivity contribution in [2.24, 2.45) is 0 Å². The van der Waals surface area contributed by atoms with Crippen molar-refractivity contribution in [2.45, 2.75) is 32.4 Å². The molecule has 2 aromatic carbocycles. The van der Waals surface area contributed by atoms with E-state index in [9.17, 15) is 22.8 Å². The average Bonchev–Trinajstić information content (AvgIpc) is 2.95.